The van der Waals surface area contributed by atoms with E-state index in [1.54, 1.807) is 0 Å². The van der Waals surface area contributed by atoms with Crippen LogP contribution < -0.4 is 29.6 Å². The molecule has 0 radical (unpaired) electrons. The van der Waals surface area contributed by atoms with Crippen molar-refractivity contribution in [1.29, 1.82) is 0 Å². The number of aliphatic hydroxyl groups excluding tert-OH is 1. The quantitative estimate of drug-likeness (QED) is 0.120. The molecule has 0 bridgehead atoms. The molecule has 4 rings (SSSR count). The van der Waals surface area contributed by atoms with Crippen LogP contribution in [-0.4, -0.2) is 50.6 Å². The summed E-state index contributed by atoms with van der Waals surface area (Å²) in [6.45, 7) is 18.8. The molecule has 272 valence electrons. The van der Waals surface area contributed by atoms with Gasteiger partial charge in [-0.05, 0) is 71.3 Å². The van der Waals surface area contributed by atoms with E-state index in [2.05, 4.69) is 81.7 Å². The molecule has 0 amide bonds. The molecule has 2 saturated carbocycles. The van der Waals surface area contributed by atoms with Crippen LogP contribution in [0.25, 0.3) is 0 Å². The van der Waals surface area contributed by atoms with Crippen molar-refractivity contribution in [2.75, 3.05) is 45.5 Å². The zero-order chi connectivity index (χ0) is 35.7. The van der Waals surface area contributed by atoms with Crippen molar-refractivity contribution in [2.24, 2.45) is 34.5 Å². The summed E-state index contributed by atoms with van der Waals surface area (Å²) < 4.78 is 32.3. The van der Waals surface area contributed by atoms with Crippen molar-refractivity contribution in [3.8, 4) is 0 Å². The van der Waals surface area contributed by atoms with Gasteiger partial charge < -0.3 is 20.7 Å². The second kappa shape index (κ2) is 28.3. The Bertz CT molecular complexity index is 1020. The molecule has 2 aromatic rings. The van der Waals surface area contributed by atoms with Crippen LogP contribution in [0.3, 0.4) is 0 Å². The normalized spacial score (nSPS) is 20.8. The van der Waals surface area contributed by atoms with Gasteiger partial charge in [-0.3, -0.25) is 4.39 Å². The number of alkyl halides is 2. The Morgan fingerprint density at radius 2 is 1.21 bits per heavy atom. The maximum absolute atomic E-state index is 9.96. The predicted molar refractivity (Wildman–Crippen MR) is 202 cm³/mol. The molecule has 2 aliphatic carbocycles. The third-order valence-electron chi connectivity index (χ3n) is 9.58. The van der Waals surface area contributed by atoms with E-state index in [1.165, 1.54) is 62.5 Å². The summed E-state index contributed by atoms with van der Waals surface area (Å²) in [5.41, 5.74) is 3.50. The molecule has 0 heterocycles. The number of ether oxygens (including phenoxy) is 3. The minimum Gasteiger partial charge on any atom is -1.00 e. The second-order valence-corrected chi connectivity index (χ2v) is 15.8. The number of aliphatic hydroxyl groups is 1. The van der Waals surface area contributed by atoms with Crippen LogP contribution in [0.1, 0.15) is 107 Å². The average Bonchev–Trinajstić information content (AvgIpc) is 3.07. The minimum atomic E-state index is -1.00. The van der Waals surface area contributed by atoms with Crippen molar-refractivity contribution >= 4 is 15.9 Å². The van der Waals surface area contributed by atoms with Crippen LogP contribution in [0.2, 0.25) is 0 Å². The van der Waals surface area contributed by atoms with Gasteiger partial charge >= 0.3 is 29.6 Å². The summed E-state index contributed by atoms with van der Waals surface area (Å²) in [4.78, 5) is 0. The molecule has 2 aromatic carbocycles. The maximum atomic E-state index is 9.96. The third kappa shape index (κ3) is 22.5. The maximum Gasteiger partial charge on any atom is 1.00 e. The van der Waals surface area contributed by atoms with E-state index in [0.717, 1.165) is 30.4 Å². The van der Waals surface area contributed by atoms with Crippen LogP contribution in [0.15, 0.2) is 60.7 Å². The molecule has 48 heavy (non-hydrogen) atoms. The van der Waals surface area contributed by atoms with Gasteiger partial charge in [0.25, 0.3) is 0 Å². The van der Waals surface area contributed by atoms with Gasteiger partial charge in [0.15, 0.2) is 0 Å². The molecule has 0 aromatic heterocycles. The molecule has 1 N–H and O–H groups in total. The molecule has 2 fully saturated rings. The fourth-order valence-corrected chi connectivity index (χ4v) is 6.97. The van der Waals surface area contributed by atoms with E-state index < -0.39 is 7.15 Å². The van der Waals surface area contributed by atoms with E-state index in [9.17, 15) is 4.39 Å². The first kappa shape index (κ1) is 45.7. The molecular formula is C41H69BrFNaO4. The molecule has 4 atom stereocenters. The second-order valence-electron chi connectivity index (χ2n) is 15.0. The van der Waals surface area contributed by atoms with Crippen LogP contribution in [-0.2, 0) is 27.4 Å². The SMILES string of the molecule is BrCCOCc1ccccc1.CC(CO)C1CCCC(C)(C)C1.CC(COCCOCc1ccccc1)C1CCCC(C)(C)C1.[2H]CF.[H-].[Na+]. The van der Waals surface area contributed by atoms with Gasteiger partial charge in [0.1, 0.15) is 0 Å². The topological polar surface area (TPSA) is 47.9 Å². The van der Waals surface area contributed by atoms with Crippen molar-refractivity contribution in [2.45, 2.75) is 106 Å². The Kier molecular flexibility index (Phi) is 26.9. The first-order chi connectivity index (χ1) is 23.0. The predicted octanol–water partition coefficient (Wildman–Crippen LogP) is 8.20. The number of hydrogen-bond donors (Lipinski definition) is 1. The molecule has 2 aliphatic rings. The summed E-state index contributed by atoms with van der Waals surface area (Å²) in [5.74, 6) is 2.76. The Balaban J connectivity index is 0. The van der Waals surface area contributed by atoms with E-state index in [-0.39, 0.29) is 31.0 Å². The molecule has 4 unspecified atom stereocenters. The van der Waals surface area contributed by atoms with Gasteiger partial charge in [-0.25, -0.2) is 0 Å². The zero-order valence-electron chi connectivity index (χ0n) is 33.5. The minimum absolute atomic E-state index is 0. The standard InChI is InChI=1S/C20H32O2.C11H22O.C9H11BrO.CH3F.Na.H/c1-17(19-10-7-11-20(2,3)14-19)15-21-12-13-22-16-18-8-5-4-6-9-18;1-9(8-12)10-5-4-6-11(2,3)7-10;10-6-7-11-8-9-4-2-1-3-5-9;1-2;;/h4-6,8-9,17,19H,7,10-16H2,1-3H3;9-10,12H,4-8H2,1-3H3;1-5H,6-8H2;1H3;;/q;;;;+1;-1/i;;;1D;;. The molecule has 0 spiro atoms. The van der Waals surface area contributed by atoms with Crippen LogP contribution in [0.5, 0.6) is 0 Å². The monoisotopic (exact) mass is 747 g/mol. The number of halogens is 2. The van der Waals surface area contributed by atoms with Crippen molar-refractivity contribution in [1.82, 2.24) is 0 Å². The van der Waals surface area contributed by atoms with Gasteiger partial charge in [-0.1, -0.05) is 144 Å². The fourth-order valence-electron chi connectivity index (χ4n) is 6.74. The van der Waals surface area contributed by atoms with E-state index in [0.29, 0.717) is 55.7 Å². The summed E-state index contributed by atoms with van der Waals surface area (Å²) in [6.07, 6.45) is 10.8. The number of rotatable bonds is 14. The molecule has 4 nitrogen and oxygen atoms in total. The summed E-state index contributed by atoms with van der Waals surface area (Å²) in [6, 6.07) is 20.5. The Labute approximate surface area is 328 Å². The van der Waals surface area contributed by atoms with Gasteiger partial charge in [0.05, 0.1) is 41.6 Å². The van der Waals surface area contributed by atoms with Crippen LogP contribution in [0.4, 0.5) is 4.39 Å². The van der Waals surface area contributed by atoms with E-state index in [1.807, 2.05) is 36.4 Å². The zero-order valence-corrected chi connectivity index (χ0v) is 35.1. The van der Waals surface area contributed by atoms with Gasteiger partial charge in [0, 0.05) is 18.5 Å². The summed E-state index contributed by atoms with van der Waals surface area (Å²) in [7, 11) is -1.00. The molecule has 0 saturated heterocycles. The Hall–Kier alpha value is -0.310. The molecular weight excluding hydrogens is 678 g/mol. The first-order valence-corrected chi connectivity index (χ1v) is 18.9. The number of hydrogen-bond acceptors (Lipinski definition) is 4. The largest absolute Gasteiger partial charge is 1.00 e. The molecule has 0 aliphatic heterocycles. The van der Waals surface area contributed by atoms with E-state index >= 15 is 0 Å². The average molecular weight is 749 g/mol. The Morgan fingerprint density at radius 1 is 0.792 bits per heavy atom. The fraction of sp³-hybridized carbons (Fsp3) is 0.707. The van der Waals surface area contributed by atoms with Gasteiger partial charge in [-0.15, -0.1) is 0 Å². The third-order valence-corrected chi connectivity index (χ3v) is 9.91. The van der Waals surface area contributed by atoms with Gasteiger partial charge in [-0.2, -0.15) is 0 Å². The van der Waals surface area contributed by atoms with Crippen molar-refractivity contribution < 1.29 is 56.1 Å². The molecule has 7 heteroatoms. The summed E-state index contributed by atoms with van der Waals surface area (Å²) in [5, 5.41) is 9.96. The van der Waals surface area contributed by atoms with Crippen LogP contribution in [0, 0.1) is 34.5 Å². The Morgan fingerprint density at radius 3 is 1.62 bits per heavy atom. The first-order valence-electron chi connectivity index (χ1n) is 18.5. The number of benzene rings is 2. The van der Waals surface area contributed by atoms with Crippen LogP contribution >= 0.6 is 15.9 Å². The smallest absolute Gasteiger partial charge is 1.00 e. The van der Waals surface area contributed by atoms with Crippen molar-refractivity contribution in [3.05, 3.63) is 71.8 Å². The van der Waals surface area contributed by atoms with Crippen molar-refractivity contribution in [3.63, 3.8) is 0 Å². The summed E-state index contributed by atoms with van der Waals surface area (Å²) >= 11 is 3.30. The van der Waals surface area contributed by atoms with Gasteiger partial charge in [0.2, 0.25) is 0 Å². The van der Waals surface area contributed by atoms with E-state index in [4.69, 9.17) is 20.7 Å².